The standard InChI is InChI=1S/C18H27NO/c1-5-10-18(11-12-19(3)14-15(18)6-2)16-8-7-9-17(13-16)20-4/h7-9,13-14H,5-6,10-12H2,1-4H3. The molecule has 0 aliphatic carbocycles. The monoisotopic (exact) mass is 273 g/mol. The van der Waals surface area contributed by atoms with Crippen molar-refractivity contribution in [2.45, 2.75) is 44.9 Å². The summed E-state index contributed by atoms with van der Waals surface area (Å²) in [6, 6.07) is 8.65. The number of rotatable bonds is 5. The van der Waals surface area contributed by atoms with Gasteiger partial charge in [0.25, 0.3) is 0 Å². The molecule has 1 aromatic carbocycles. The third-order valence-corrected chi connectivity index (χ3v) is 4.56. The summed E-state index contributed by atoms with van der Waals surface area (Å²) in [6.45, 7) is 5.68. The summed E-state index contributed by atoms with van der Waals surface area (Å²) in [5.41, 5.74) is 3.17. The number of methoxy groups -OCH3 is 1. The van der Waals surface area contributed by atoms with E-state index in [0.717, 1.165) is 18.7 Å². The summed E-state index contributed by atoms with van der Waals surface area (Å²) in [6.07, 6.45) is 7.09. The van der Waals surface area contributed by atoms with Gasteiger partial charge >= 0.3 is 0 Å². The molecule has 1 heterocycles. The molecular formula is C18H27NO. The van der Waals surface area contributed by atoms with Gasteiger partial charge in [0.2, 0.25) is 0 Å². The maximum Gasteiger partial charge on any atom is 0.119 e. The van der Waals surface area contributed by atoms with Gasteiger partial charge in [-0.05, 0) is 48.7 Å². The first-order valence-electron chi connectivity index (χ1n) is 7.72. The van der Waals surface area contributed by atoms with Crippen molar-refractivity contribution in [3.63, 3.8) is 0 Å². The smallest absolute Gasteiger partial charge is 0.119 e. The Morgan fingerprint density at radius 2 is 2.10 bits per heavy atom. The zero-order chi connectivity index (χ0) is 14.6. The Bertz CT molecular complexity index is 480. The summed E-state index contributed by atoms with van der Waals surface area (Å²) in [4.78, 5) is 2.33. The number of hydrogen-bond acceptors (Lipinski definition) is 2. The number of benzene rings is 1. The molecule has 0 amide bonds. The molecule has 0 spiro atoms. The summed E-state index contributed by atoms with van der Waals surface area (Å²) >= 11 is 0. The van der Waals surface area contributed by atoms with E-state index in [2.05, 4.69) is 50.2 Å². The third kappa shape index (κ3) is 2.70. The average Bonchev–Trinajstić information content (AvgIpc) is 2.49. The van der Waals surface area contributed by atoms with Crippen LogP contribution in [0.1, 0.15) is 45.1 Å². The molecule has 0 aromatic heterocycles. The lowest BCUT2D eigenvalue weighted by Crippen LogP contribution is -2.37. The van der Waals surface area contributed by atoms with Crippen LogP contribution in [-0.4, -0.2) is 25.6 Å². The van der Waals surface area contributed by atoms with E-state index in [9.17, 15) is 0 Å². The van der Waals surface area contributed by atoms with Gasteiger partial charge in [0.15, 0.2) is 0 Å². The topological polar surface area (TPSA) is 12.5 Å². The molecule has 2 nitrogen and oxygen atoms in total. The van der Waals surface area contributed by atoms with Crippen molar-refractivity contribution in [2.75, 3.05) is 20.7 Å². The lowest BCUT2D eigenvalue weighted by atomic mass is 9.67. The molecule has 0 saturated carbocycles. The summed E-state index contributed by atoms with van der Waals surface area (Å²) in [5, 5.41) is 0. The maximum atomic E-state index is 5.43. The van der Waals surface area contributed by atoms with Crippen LogP contribution in [0, 0.1) is 0 Å². The van der Waals surface area contributed by atoms with Crippen molar-refractivity contribution in [2.24, 2.45) is 0 Å². The molecule has 2 heteroatoms. The molecule has 0 saturated heterocycles. The molecule has 1 unspecified atom stereocenters. The van der Waals surface area contributed by atoms with Crippen LogP contribution >= 0.6 is 0 Å². The molecule has 0 bridgehead atoms. The van der Waals surface area contributed by atoms with E-state index in [1.165, 1.54) is 24.8 Å². The van der Waals surface area contributed by atoms with Crippen LogP contribution < -0.4 is 4.74 Å². The van der Waals surface area contributed by atoms with Gasteiger partial charge in [0.05, 0.1) is 7.11 Å². The van der Waals surface area contributed by atoms with E-state index < -0.39 is 0 Å². The highest BCUT2D eigenvalue weighted by atomic mass is 16.5. The van der Waals surface area contributed by atoms with Gasteiger partial charge in [-0.2, -0.15) is 0 Å². The number of hydrogen-bond donors (Lipinski definition) is 0. The van der Waals surface area contributed by atoms with E-state index in [4.69, 9.17) is 4.74 Å². The molecule has 110 valence electrons. The van der Waals surface area contributed by atoms with E-state index in [1.807, 2.05) is 6.07 Å². The van der Waals surface area contributed by atoms with Crippen LogP contribution in [0.5, 0.6) is 5.75 Å². The minimum Gasteiger partial charge on any atom is -0.497 e. The van der Waals surface area contributed by atoms with Gasteiger partial charge in [-0.25, -0.2) is 0 Å². The second kappa shape index (κ2) is 6.34. The summed E-state index contributed by atoms with van der Waals surface area (Å²) in [7, 11) is 3.92. The Hall–Kier alpha value is -1.44. The predicted molar refractivity (Wildman–Crippen MR) is 85.2 cm³/mol. The molecule has 2 rings (SSSR count). The van der Waals surface area contributed by atoms with Gasteiger partial charge < -0.3 is 9.64 Å². The Balaban J connectivity index is 2.50. The molecule has 1 aliphatic rings. The minimum atomic E-state index is 0.199. The first kappa shape index (κ1) is 15.0. The number of nitrogens with zero attached hydrogens (tertiary/aromatic N) is 1. The molecule has 1 aliphatic heterocycles. The van der Waals surface area contributed by atoms with E-state index in [-0.39, 0.29) is 5.41 Å². The SMILES string of the molecule is CCCC1(c2cccc(OC)c2)CCN(C)C=C1CC. The summed E-state index contributed by atoms with van der Waals surface area (Å²) in [5.74, 6) is 0.965. The second-order valence-corrected chi connectivity index (χ2v) is 5.80. The lowest BCUT2D eigenvalue weighted by Gasteiger charge is -2.42. The Kier molecular flexibility index (Phi) is 4.74. The van der Waals surface area contributed by atoms with Crippen LogP contribution in [-0.2, 0) is 5.41 Å². The van der Waals surface area contributed by atoms with Gasteiger partial charge in [-0.1, -0.05) is 32.4 Å². The van der Waals surface area contributed by atoms with E-state index in [0.29, 0.717) is 0 Å². The van der Waals surface area contributed by atoms with Gasteiger partial charge in [0.1, 0.15) is 5.75 Å². The van der Waals surface area contributed by atoms with Crippen LogP contribution in [0.4, 0.5) is 0 Å². The maximum absolute atomic E-state index is 5.43. The van der Waals surface area contributed by atoms with Gasteiger partial charge in [-0.15, -0.1) is 0 Å². The lowest BCUT2D eigenvalue weighted by molar-refractivity contribution is 0.302. The molecule has 0 N–H and O–H groups in total. The van der Waals surface area contributed by atoms with Crippen molar-refractivity contribution in [3.8, 4) is 5.75 Å². The normalized spacial score (nSPS) is 22.6. The van der Waals surface area contributed by atoms with Crippen molar-refractivity contribution < 1.29 is 4.74 Å². The highest BCUT2D eigenvalue weighted by molar-refractivity contribution is 5.41. The molecular weight excluding hydrogens is 246 g/mol. The predicted octanol–water partition coefficient (Wildman–Crippen LogP) is 4.36. The molecule has 1 atom stereocenters. The summed E-state index contributed by atoms with van der Waals surface area (Å²) < 4.78 is 5.43. The zero-order valence-electron chi connectivity index (χ0n) is 13.3. The fraction of sp³-hybridized carbons (Fsp3) is 0.556. The van der Waals surface area contributed by atoms with Crippen molar-refractivity contribution >= 4 is 0 Å². The quantitative estimate of drug-likeness (QED) is 0.790. The largest absolute Gasteiger partial charge is 0.497 e. The van der Waals surface area contributed by atoms with Crippen LogP contribution in [0.15, 0.2) is 36.0 Å². The Morgan fingerprint density at radius 3 is 2.75 bits per heavy atom. The fourth-order valence-electron chi connectivity index (χ4n) is 3.52. The van der Waals surface area contributed by atoms with Gasteiger partial charge in [-0.3, -0.25) is 0 Å². The van der Waals surface area contributed by atoms with E-state index in [1.54, 1.807) is 12.7 Å². The van der Waals surface area contributed by atoms with Crippen molar-refractivity contribution in [1.29, 1.82) is 0 Å². The zero-order valence-corrected chi connectivity index (χ0v) is 13.3. The second-order valence-electron chi connectivity index (χ2n) is 5.80. The highest BCUT2D eigenvalue weighted by Gasteiger charge is 2.37. The third-order valence-electron chi connectivity index (χ3n) is 4.56. The minimum absolute atomic E-state index is 0.199. The fourth-order valence-corrected chi connectivity index (χ4v) is 3.52. The first-order chi connectivity index (χ1) is 9.66. The van der Waals surface area contributed by atoms with Crippen LogP contribution in [0.2, 0.25) is 0 Å². The van der Waals surface area contributed by atoms with Crippen LogP contribution in [0.3, 0.4) is 0 Å². The van der Waals surface area contributed by atoms with E-state index >= 15 is 0 Å². The number of allylic oxidation sites excluding steroid dienone is 1. The Morgan fingerprint density at radius 1 is 1.30 bits per heavy atom. The molecule has 1 aromatic rings. The van der Waals surface area contributed by atoms with Gasteiger partial charge in [0, 0.05) is 19.0 Å². The molecule has 0 fully saturated rings. The average molecular weight is 273 g/mol. The molecule has 20 heavy (non-hydrogen) atoms. The first-order valence-corrected chi connectivity index (χ1v) is 7.72. The Labute approximate surface area is 123 Å². The van der Waals surface area contributed by atoms with Crippen molar-refractivity contribution in [1.82, 2.24) is 4.90 Å². The van der Waals surface area contributed by atoms with Crippen LogP contribution in [0.25, 0.3) is 0 Å². The number of ether oxygens (including phenoxy) is 1. The van der Waals surface area contributed by atoms with Crippen molar-refractivity contribution in [3.05, 3.63) is 41.6 Å². The molecule has 0 radical (unpaired) electrons. The highest BCUT2D eigenvalue weighted by Crippen LogP contribution is 2.44.